The number of nitrogens with one attached hydrogen (secondary N) is 2. The number of halogens is 1. The maximum absolute atomic E-state index is 13.9. The number of H-pyrrole nitrogens is 1. The number of thioether (sulfide) groups is 1. The van der Waals surface area contributed by atoms with Gasteiger partial charge in [-0.2, -0.15) is 0 Å². The second kappa shape index (κ2) is 11.8. The molecule has 10 nitrogen and oxygen atoms in total. The number of methoxy groups -OCH3 is 2. The van der Waals surface area contributed by atoms with E-state index in [1.165, 1.54) is 30.9 Å². The van der Waals surface area contributed by atoms with E-state index in [0.29, 0.717) is 49.1 Å². The number of aromatic amines is 1. The predicted octanol–water partition coefficient (Wildman–Crippen LogP) is 4.92. The minimum Gasteiger partial charge on any atom is -0.497 e. The van der Waals surface area contributed by atoms with E-state index < -0.39 is 17.1 Å². The maximum atomic E-state index is 13.9. The van der Waals surface area contributed by atoms with Crippen molar-refractivity contribution in [1.82, 2.24) is 4.98 Å². The van der Waals surface area contributed by atoms with Crippen LogP contribution in [0.4, 0.5) is 11.4 Å². The van der Waals surface area contributed by atoms with Crippen molar-refractivity contribution < 1.29 is 28.6 Å². The molecule has 13 heteroatoms. The number of aromatic nitrogens is 1. The van der Waals surface area contributed by atoms with Gasteiger partial charge in [0, 0.05) is 21.5 Å². The van der Waals surface area contributed by atoms with Crippen LogP contribution in [-0.4, -0.2) is 48.8 Å². The number of hydrogen-bond acceptors (Lipinski definition) is 9. The molecule has 4 aromatic rings. The van der Waals surface area contributed by atoms with E-state index in [9.17, 15) is 19.2 Å². The van der Waals surface area contributed by atoms with Crippen molar-refractivity contribution >= 4 is 63.8 Å². The molecule has 3 unspecified atom stereocenters. The number of carbonyl (C=O) groups excluding carboxylic acids is 3. The number of carbonyl (C=O) groups is 3. The highest BCUT2D eigenvalue weighted by atomic mass is 35.5. The summed E-state index contributed by atoms with van der Waals surface area (Å²) in [7, 11) is 3.01. The first-order chi connectivity index (χ1) is 20.8. The van der Waals surface area contributed by atoms with Crippen molar-refractivity contribution in [2.45, 2.75) is 16.2 Å². The van der Waals surface area contributed by atoms with Gasteiger partial charge in [0.25, 0.3) is 5.91 Å². The molecule has 220 valence electrons. The fourth-order valence-corrected chi connectivity index (χ4v) is 7.87. The monoisotopic (exact) mass is 637 g/mol. The van der Waals surface area contributed by atoms with E-state index in [0.717, 1.165) is 11.3 Å². The SMILES string of the molecule is COc1ccc(N2C(=O)C3Sc4[nH]c(=O)sc4C(c4ccc(OCC(=O)Nc5ccc(Cl)cc5)c(OC)c4)C3C2=O)cc1. The van der Waals surface area contributed by atoms with Gasteiger partial charge in [0.15, 0.2) is 18.1 Å². The maximum Gasteiger partial charge on any atom is 0.305 e. The highest BCUT2D eigenvalue weighted by molar-refractivity contribution is 8.00. The lowest BCUT2D eigenvalue weighted by molar-refractivity contribution is -0.122. The van der Waals surface area contributed by atoms with Crippen LogP contribution < -0.4 is 29.3 Å². The quantitative estimate of drug-likeness (QED) is 0.261. The zero-order chi connectivity index (χ0) is 30.2. The summed E-state index contributed by atoms with van der Waals surface area (Å²) >= 11 is 8.12. The third-order valence-corrected chi connectivity index (χ3v) is 9.84. The Balaban J connectivity index is 1.29. The molecule has 2 aliphatic rings. The zero-order valence-electron chi connectivity index (χ0n) is 22.8. The molecule has 1 aromatic heterocycles. The molecule has 6 rings (SSSR count). The first-order valence-corrected chi connectivity index (χ1v) is 15.1. The van der Waals surface area contributed by atoms with Gasteiger partial charge in [0.2, 0.25) is 11.8 Å². The molecule has 2 N–H and O–H groups in total. The van der Waals surface area contributed by atoms with Crippen molar-refractivity contribution in [2.75, 3.05) is 31.0 Å². The summed E-state index contributed by atoms with van der Waals surface area (Å²) in [6.45, 7) is -0.281. The van der Waals surface area contributed by atoms with Crippen molar-refractivity contribution in [3.8, 4) is 17.2 Å². The molecule has 43 heavy (non-hydrogen) atoms. The Morgan fingerprint density at radius 1 is 0.953 bits per heavy atom. The Hall–Kier alpha value is -4.26. The standard InChI is InChI=1S/C30H24ClN3O7S2/c1-39-19-10-8-18(9-11-19)34-28(36)24-23(25-27(33-30(38)43-25)42-26(24)29(34)37)15-3-12-20(21(13-15)40-2)41-14-22(35)32-17-6-4-16(31)5-7-17/h3-13,23-24,26H,14H2,1-2H3,(H,32,35)(H,33,38). The molecule has 1 saturated heterocycles. The lowest BCUT2D eigenvalue weighted by atomic mass is 9.83. The van der Waals surface area contributed by atoms with Crippen LogP contribution in [0.15, 0.2) is 76.6 Å². The van der Waals surface area contributed by atoms with E-state index in [1.807, 2.05) is 0 Å². The van der Waals surface area contributed by atoms with Gasteiger partial charge in [0.1, 0.15) is 11.0 Å². The van der Waals surface area contributed by atoms with Crippen LogP contribution in [0.2, 0.25) is 5.02 Å². The fraction of sp³-hybridized carbons (Fsp3) is 0.200. The molecule has 3 atom stereocenters. The minimum atomic E-state index is -0.764. The molecule has 0 aliphatic carbocycles. The van der Waals surface area contributed by atoms with Crippen LogP contribution in [0, 0.1) is 5.92 Å². The average molecular weight is 638 g/mol. The third-order valence-electron chi connectivity index (χ3n) is 7.19. The summed E-state index contributed by atoms with van der Waals surface area (Å²) in [5.41, 5.74) is 1.68. The molecule has 0 spiro atoms. The first-order valence-electron chi connectivity index (χ1n) is 13.0. The number of fused-ring (bicyclic) bond motifs is 2. The van der Waals surface area contributed by atoms with Gasteiger partial charge in [-0.1, -0.05) is 40.8 Å². The third kappa shape index (κ3) is 5.49. The van der Waals surface area contributed by atoms with Crippen molar-refractivity contribution in [2.24, 2.45) is 5.92 Å². The Labute approximate surface area is 258 Å². The van der Waals surface area contributed by atoms with Gasteiger partial charge in [-0.15, -0.1) is 0 Å². The van der Waals surface area contributed by atoms with Crippen LogP contribution >= 0.6 is 34.7 Å². The van der Waals surface area contributed by atoms with E-state index in [4.69, 9.17) is 25.8 Å². The number of amides is 3. The largest absolute Gasteiger partial charge is 0.497 e. The van der Waals surface area contributed by atoms with Gasteiger partial charge < -0.3 is 24.5 Å². The fourth-order valence-electron chi connectivity index (χ4n) is 5.23. The Kier molecular flexibility index (Phi) is 7.91. The number of imide groups is 1. The number of benzene rings is 3. The van der Waals surface area contributed by atoms with Gasteiger partial charge in [-0.25, -0.2) is 4.90 Å². The topological polar surface area (TPSA) is 127 Å². The number of thiazole rings is 1. The summed E-state index contributed by atoms with van der Waals surface area (Å²) in [6, 6.07) is 18.5. The minimum absolute atomic E-state index is 0.270. The number of anilines is 2. The number of nitrogens with zero attached hydrogens (tertiary/aromatic N) is 1. The summed E-state index contributed by atoms with van der Waals surface area (Å²) < 4.78 is 16.6. The second-order valence-electron chi connectivity index (χ2n) is 9.71. The van der Waals surface area contributed by atoms with Gasteiger partial charge in [-0.05, 0) is 66.2 Å². The molecular weight excluding hydrogens is 614 g/mol. The van der Waals surface area contributed by atoms with Crippen molar-refractivity contribution in [3.63, 3.8) is 0 Å². The van der Waals surface area contributed by atoms with Crippen molar-refractivity contribution in [3.05, 3.63) is 91.9 Å². The lowest BCUT2D eigenvalue weighted by Crippen LogP contribution is -2.32. The lowest BCUT2D eigenvalue weighted by Gasteiger charge is -2.30. The van der Waals surface area contributed by atoms with E-state index in [2.05, 4.69) is 10.3 Å². The van der Waals surface area contributed by atoms with E-state index in [-0.39, 0.29) is 29.2 Å². The van der Waals surface area contributed by atoms with Gasteiger partial charge >= 0.3 is 4.87 Å². The zero-order valence-corrected chi connectivity index (χ0v) is 25.2. The summed E-state index contributed by atoms with van der Waals surface area (Å²) in [5.74, 6) is -1.20. The molecule has 3 aromatic carbocycles. The van der Waals surface area contributed by atoms with Gasteiger partial charge in [-0.3, -0.25) is 19.2 Å². The number of hydrogen-bond donors (Lipinski definition) is 2. The summed E-state index contributed by atoms with van der Waals surface area (Å²) in [5, 5.41) is 3.11. The van der Waals surface area contributed by atoms with E-state index >= 15 is 0 Å². The Morgan fingerprint density at radius 2 is 1.70 bits per heavy atom. The van der Waals surface area contributed by atoms with Crippen LogP contribution in [0.5, 0.6) is 17.2 Å². The molecule has 0 saturated carbocycles. The molecule has 0 bridgehead atoms. The highest BCUT2D eigenvalue weighted by Crippen LogP contribution is 2.53. The molecule has 2 aliphatic heterocycles. The Bertz CT molecular complexity index is 1770. The predicted molar refractivity (Wildman–Crippen MR) is 164 cm³/mol. The first kappa shape index (κ1) is 28.8. The van der Waals surface area contributed by atoms with Crippen LogP contribution in [0.25, 0.3) is 0 Å². The molecule has 3 heterocycles. The van der Waals surface area contributed by atoms with Crippen molar-refractivity contribution in [1.29, 1.82) is 0 Å². The Morgan fingerprint density at radius 3 is 2.40 bits per heavy atom. The normalized spacial score (nSPS) is 19.0. The average Bonchev–Trinajstić information content (AvgIpc) is 3.51. The molecular formula is C30H24ClN3O7S2. The van der Waals surface area contributed by atoms with E-state index in [1.54, 1.807) is 66.7 Å². The number of rotatable bonds is 8. The summed E-state index contributed by atoms with van der Waals surface area (Å²) in [6.07, 6.45) is 0. The summed E-state index contributed by atoms with van der Waals surface area (Å²) in [4.78, 5) is 56.9. The second-order valence-corrected chi connectivity index (χ2v) is 12.3. The van der Waals surface area contributed by atoms with Crippen LogP contribution in [0.1, 0.15) is 16.4 Å². The van der Waals surface area contributed by atoms with Gasteiger partial charge in [0.05, 0.1) is 30.9 Å². The molecule has 3 amide bonds. The van der Waals surface area contributed by atoms with Crippen LogP contribution in [-0.2, 0) is 14.4 Å². The molecule has 0 radical (unpaired) electrons. The highest BCUT2D eigenvalue weighted by Gasteiger charge is 2.56. The molecule has 1 fully saturated rings. The smallest absolute Gasteiger partial charge is 0.305 e. The number of ether oxygens (including phenoxy) is 3. The van der Waals surface area contributed by atoms with Crippen LogP contribution in [0.3, 0.4) is 0 Å².